The van der Waals surface area contributed by atoms with Gasteiger partial charge < -0.3 is 14.8 Å². The molecular weight excluding hydrogens is 334 g/mol. The van der Waals surface area contributed by atoms with E-state index in [0.717, 1.165) is 43.4 Å². The Kier molecular flexibility index (Phi) is 9.61. The average Bonchev–Trinajstić information content (AvgIpc) is 2.68. The molecule has 0 atom stereocenters. The molecule has 3 heteroatoms. The van der Waals surface area contributed by atoms with Crippen molar-refractivity contribution in [1.29, 1.82) is 0 Å². The van der Waals surface area contributed by atoms with E-state index in [1.54, 1.807) is 0 Å². The normalized spacial score (nSPS) is 10.8. The van der Waals surface area contributed by atoms with Crippen LogP contribution in [0.15, 0.2) is 48.5 Å². The molecule has 0 aromatic heterocycles. The Morgan fingerprint density at radius 3 is 2.37 bits per heavy atom. The summed E-state index contributed by atoms with van der Waals surface area (Å²) in [5, 5.41) is 3.48. The van der Waals surface area contributed by atoms with Crippen LogP contribution in [0.25, 0.3) is 0 Å². The zero-order chi connectivity index (χ0) is 19.3. The summed E-state index contributed by atoms with van der Waals surface area (Å²) in [7, 11) is 0. The van der Waals surface area contributed by atoms with Crippen molar-refractivity contribution in [1.82, 2.24) is 0 Å². The molecule has 2 aromatic rings. The van der Waals surface area contributed by atoms with E-state index in [2.05, 4.69) is 50.4 Å². The maximum Gasteiger partial charge on any atom is 0.121 e. The van der Waals surface area contributed by atoms with Gasteiger partial charge in [-0.2, -0.15) is 0 Å². The van der Waals surface area contributed by atoms with Crippen LogP contribution in [0.3, 0.4) is 0 Å². The molecule has 0 fully saturated rings. The quantitative estimate of drug-likeness (QED) is 0.399. The van der Waals surface area contributed by atoms with Gasteiger partial charge in [0, 0.05) is 18.3 Å². The molecule has 27 heavy (non-hydrogen) atoms. The van der Waals surface area contributed by atoms with Gasteiger partial charge in [-0.1, -0.05) is 64.7 Å². The Bertz CT molecular complexity index is 654. The van der Waals surface area contributed by atoms with Crippen LogP contribution in [0, 0.1) is 5.92 Å². The van der Waals surface area contributed by atoms with Crippen LogP contribution in [-0.4, -0.2) is 13.2 Å². The molecule has 0 spiro atoms. The van der Waals surface area contributed by atoms with Crippen molar-refractivity contribution >= 4 is 5.69 Å². The van der Waals surface area contributed by atoms with Crippen molar-refractivity contribution in [3.8, 4) is 11.5 Å². The molecule has 3 nitrogen and oxygen atoms in total. The lowest BCUT2D eigenvalue weighted by Crippen LogP contribution is -2.05. The second kappa shape index (κ2) is 12.3. The highest BCUT2D eigenvalue weighted by Gasteiger charge is 2.01. The summed E-state index contributed by atoms with van der Waals surface area (Å²) in [6.07, 6.45) is 6.29. The molecule has 0 amide bonds. The second-order valence-corrected chi connectivity index (χ2v) is 7.50. The number of benzene rings is 2. The molecule has 0 aliphatic rings. The van der Waals surface area contributed by atoms with Gasteiger partial charge in [-0.25, -0.2) is 0 Å². The van der Waals surface area contributed by atoms with E-state index in [1.807, 2.05) is 24.3 Å². The molecule has 0 aliphatic carbocycles. The number of anilines is 1. The first kappa shape index (κ1) is 21.1. The predicted molar refractivity (Wildman–Crippen MR) is 115 cm³/mol. The van der Waals surface area contributed by atoms with Gasteiger partial charge in [-0.15, -0.1) is 0 Å². The molecule has 148 valence electrons. The number of ether oxygens (including phenoxy) is 2. The van der Waals surface area contributed by atoms with Gasteiger partial charge in [0.25, 0.3) is 0 Å². The van der Waals surface area contributed by atoms with E-state index < -0.39 is 0 Å². The summed E-state index contributed by atoms with van der Waals surface area (Å²) in [5.41, 5.74) is 2.28. The Hall–Kier alpha value is -2.16. The van der Waals surface area contributed by atoms with Gasteiger partial charge in [0.15, 0.2) is 0 Å². The summed E-state index contributed by atoms with van der Waals surface area (Å²) >= 11 is 0. The van der Waals surface area contributed by atoms with Crippen molar-refractivity contribution in [2.45, 2.75) is 59.4 Å². The molecule has 2 rings (SSSR count). The molecule has 0 saturated carbocycles. The lowest BCUT2D eigenvalue weighted by Gasteiger charge is -2.12. The zero-order valence-corrected chi connectivity index (χ0v) is 17.2. The standard InChI is InChI=1S/C24H35NO2/c1-4-5-6-7-8-15-26-24-14-10-12-22(17-24)25-18-21-11-9-13-23(16-21)27-19-20(2)3/h9-14,16-17,20,25H,4-8,15,18-19H2,1-3H3. The van der Waals surface area contributed by atoms with Crippen LogP contribution in [0.4, 0.5) is 5.69 Å². The van der Waals surface area contributed by atoms with Crippen molar-refractivity contribution in [3.63, 3.8) is 0 Å². The largest absolute Gasteiger partial charge is 0.494 e. The van der Waals surface area contributed by atoms with Crippen LogP contribution in [0.5, 0.6) is 11.5 Å². The van der Waals surface area contributed by atoms with Crippen LogP contribution in [-0.2, 0) is 6.54 Å². The smallest absolute Gasteiger partial charge is 0.121 e. The Labute approximate surface area is 165 Å². The Morgan fingerprint density at radius 1 is 0.852 bits per heavy atom. The van der Waals surface area contributed by atoms with Crippen LogP contribution < -0.4 is 14.8 Å². The lowest BCUT2D eigenvalue weighted by atomic mass is 10.2. The molecule has 0 bridgehead atoms. The summed E-state index contributed by atoms with van der Waals surface area (Å²) in [5.74, 6) is 2.40. The zero-order valence-electron chi connectivity index (χ0n) is 17.2. The summed E-state index contributed by atoms with van der Waals surface area (Å²) < 4.78 is 11.7. The molecule has 2 aromatic carbocycles. The highest BCUT2D eigenvalue weighted by molar-refractivity contribution is 5.48. The van der Waals surface area contributed by atoms with Crippen molar-refractivity contribution in [2.24, 2.45) is 5.92 Å². The van der Waals surface area contributed by atoms with E-state index in [9.17, 15) is 0 Å². The fourth-order valence-electron chi connectivity index (χ4n) is 2.80. The minimum Gasteiger partial charge on any atom is -0.494 e. The number of nitrogens with one attached hydrogen (secondary N) is 1. The molecule has 0 saturated heterocycles. The number of unbranched alkanes of at least 4 members (excludes halogenated alkanes) is 4. The number of hydrogen-bond donors (Lipinski definition) is 1. The highest BCUT2D eigenvalue weighted by Crippen LogP contribution is 2.20. The first-order chi connectivity index (χ1) is 13.2. The molecule has 1 N–H and O–H groups in total. The van der Waals surface area contributed by atoms with Gasteiger partial charge in [-0.3, -0.25) is 0 Å². The van der Waals surface area contributed by atoms with E-state index in [4.69, 9.17) is 9.47 Å². The maximum atomic E-state index is 5.89. The van der Waals surface area contributed by atoms with Crippen LogP contribution in [0.1, 0.15) is 58.4 Å². The fraction of sp³-hybridized carbons (Fsp3) is 0.500. The topological polar surface area (TPSA) is 30.5 Å². The average molecular weight is 370 g/mol. The third kappa shape index (κ3) is 8.85. The molecule has 0 radical (unpaired) electrons. The van der Waals surface area contributed by atoms with Crippen LogP contribution >= 0.6 is 0 Å². The van der Waals surface area contributed by atoms with E-state index >= 15 is 0 Å². The number of rotatable bonds is 13. The van der Waals surface area contributed by atoms with Crippen LogP contribution in [0.2, 0.25) is 0 Å². The summed E-state index contributed by atoms with van der Waals surface area (Å²) in [4.78, 5) is 0. The van der Waals surface area contributed by atoms with Crippen molar-refractivity contribution < 1.29 is 9.47 Å². The third-order valence-corrected chi connectivity index (χ3v) is 4.33. The first-order valence-corrected chi connectivity index (χ1v) is 10.4. The van der Waals surface area contributed by atoms with Crippen molar-refractivity contribution in [2.75, 3.05) is 18.5 Å². The molecular formula is C24H35NO2. The molecule has 0 heterocycles. The minimum atomic E-state index is 0.529. The second-order valence-electron chi connectivity index (χ2n) is 7.50. The first-order valence-electron chi connectivity index (χ1n) is 10.4. The van der Waals surface area contributed by atoms with E-state index in [0.29, 0.717) is 5.92 Å². The highest BCUT2D eigenvalue weighted by atomic mass is 16.5. The number of hydrogen-bond acceptors (Lipinski definition) is 3. The van der Waals surface area contributed by atoms with Gasteiger partial charge in [0.2, 0.25) is 0 Å². The van der Waals surface area contributed by atoms with Crippen molar-refractivity contribution in [3.05, 3.63) is 54.1 Å². The SMILES string of the molecule is CCCCCCCOc1cccc(NCc2cccc(OCC(C)C)c2)c1. The maximum absolute atomic E-state index is 5.89. The minimum absolute atomic E-state index is 0.529. The lowest BCUT2D eigenvalue weighted by molar-refractivity contribution is 0.271. The summed E-state index contributed by atoms with van der Waals surface area (Å²) in [6.45, 7) is 8.86. The Balaban J connectivity index is 1.78. The fourth-order valence-corrected chi connectivity index (χ4v) is 2.80. The molecule has 0 aliphatic heterocycles. The van der Waals surface area contributed by atoms with Gasteiger partial charge in [0.05, 0.1) is 13.2 Å². The van der Waals surface area contributed by atoms with E-state index in [1.165, 1.54) is 31.2 Å². The Morgan fingerprint density at radius 2 is 1.59 bits per heavy atom. The van der Waals surface area contributed by atoms with E-state index in [-0.39, 0.29) is 0 Å². The third-order valence-electron chi connectivity index (χ3n) is 4.33. The molecule has 0 unspecified atom stereocenters. The van der Waals surface area contributed by atoms with Gasteiger partial charge >= 0.3 is 0 Å². The monoisotopic (exact) mass is 369 g/mol. The van der Waals surface area contributed by atoms with Gasteiger partial charge in [-0.05, 0) is 42.2 Å². The predicted octanol–water partition coefficient (Wildman–Crippen LogP) is 6.68. The van der Waals surface area contributed by atoms with Gasteiger partial charge in [0.1, 0.15) is 11.5 Å². The summed E-state index contributed by atoms with van der Waals surface area (Å²) in [6, 6.07) is 16.5.